The number of hydrogen-bond acceptors (Lipinski definition) is 6. The lowest BCUT2D eigenvalue weighted by Gasteiger charge is -2.45. The Morgan fingerprint density at radius 1 is 1.26 bits per heavy atom. The van der Waals surface area contributed by atoms with Gasteiger partial charge < -0.3 is 19.7 Å². The average molecular weight is 435 g/mol. The Hall–Kier alpha value is -1.66. The lowest BCUT2D eigenvalue weighted by Crippen LogP contribution is -2.45. The summed E-state index contributed by atoms with van der Waals surface area (Å²) in [6, 6.07) is 0. The van der Waals surface area contributed by atoms with Crippen LogP contribution < -0.4 is 0 Å². The maximum Gasteiger partial charge on any atom is 0.311 e. The molecule has 174 valence electrons. The number of cyclic esters (lactones) is 1. The van der Waals surface area contributed by atoms with Gasteiger partial charge in [0.2, 0.25) is 0 Å². The van der Waals surface area contributed by atoms with Crippen LogP contribution in [0.25, 0.3) is 0 Å². The quantitative estimate of drug-likeness (QED) is 0.619. The van der Waals surface area contributed by atoms with Crippen molar-refractivity contribution in [1.29, 1.82) is 0 Å². The molecule has 6 nitrogen and oxygen atoms in total. The lowest BCUT2D eigenvalue weighted by atomic mass is 9.64. The van der Waals surface area contributed by atoms with Crippen molar-refractivity contribution in [1.82, 2.24) is 0 Å². The minimum absolute atomic E-state index is 0.00271. The highest BCUT2D eigenvalue weighted by Crippen LogP contribution is 2.46. The van der Waals surface area contributed by atoms with Crippen molar-refractivity contribution in [3.8, 4) is 0 Å². The maximum atomic E-state index is 12.9. The molecule has 2 N–H and O–H groups in total. The average Bonchev–Trinajstić information content (AvgIpc) is 2.67. The van der Waals surface area contributed by atoms with Crippen LogP contribution in [0.4, 0.5) is 0 Å². The van der Waals surface area contributed by atoms with Crippen LogP contribution in [0.15, 0.2) is 23.3 Å². The van der Waals surface area contributed by atoms with Crippen molar-refractivity contribution in [2.45, 2.75) is 97.6 Å². The minimum Gasteiger partial charge on any atom is -0.462 e. The van der Waals surface area contributed by atoms with Gasteiger partial charge in [0.05, 0.1) is 24.0 Å². The third-order valence-corrected chi connectivity index (χ3v) is 7.51. The van der Waals surface area contributed by atoms with E-state index in [0.29, 0.717) is 25.7 Å². The normalized spacial score (nSPS) is 36.1. The van der Waals surface area contributed by atoms with Crippen molar-refractivity contribution in [2.75, 3.05) is 0 Å². The van der Waals surface area contributed by atoms with Crippen LogP contribution in [0.3, 0.4) is 0 Å². The zero-order valence-corrected chi connectivity index (χ0v) is 19.5. The largest absolute Gasteiger partial charge is 0.462 e. The first kappa shape index (κ1) is 24.0. The molecule has 1 aliphatic heterocycles. The maximum absolute atomic E-state index is 12.9. The molecule has 0 radical (unpaired) electrons. The third kappa shape index (κ3) is 5.40. The van der Waals surface area contributed by atoms with Crippen LogP contribution >= 0.6 is 0 Å². The number of fused-ring (bicyclic) bond motifs is 1. The summed E-state index contributed by atoms with van der Waals surface area (Å²) in [7, 11) is 0. The molecule has 0 aromatic rings. The van der Waals surface area contributed by atoms with E-state index < -0.39 is 17.6 Å². The molecule has 0 aromatic carbocycles. The molecule has 6 heteroatoms. The fourth-order valence-corrected chi connectivity index (χ4v) is 5.13. The number of ether oxygens (including phenoxy) is 2. The van der Waals surface area contributed by atoms with Gasteiger partial charge in [0.15, 0.2) is 0 Å². The molecule has 31 heavy (non-hydrogen) atoms. The zero-order valence-electron chi connectivity index (χ0n) is 19.5. The van der Waals surface area contributed by atoms with E-state index in [0.717, 1.165) is 17.6 Å². The summed E-state index contributed by atoms with van der Waals surface area (Å²) >= 11 is 0. The van der Waals surface area contributed by atoms with E-state index >= 15 is 0 Å². The van der Waals surface area contributed by atoms with E-state index in [-0.39, 0.29) is 48.3 Å². The molecule has 0 amide bonds. The molecule has 1 fully saturated rings. The van der Waals surface area contributed by atoms with E-state index in [1.807, 2.05) is 40.7 Å². The van der Waals surface area contributed by atoms with Crippen molar-refractivity contribution < 1.29 is 29.3 Å². The number of aliphatic hydroxyl groups excluding tert-OH is 2. The van der Waals surface area contributed by atoms with Gasteiger partial charge in [-0.1, -0.05) is 31.6 Å². The Kier molecular flexibility index (Phi) is 7.32. The highest BCUT2D eigenvalue weighted by Gasteiger charge is 2.45. The molecular formula is C25H38O6. The number of esters is 2. The van der Waals surface area contributed by atoms with E-state index in [1.165, 1.54) is 0 Å². The first-order valence-electron chi connectivity index (χ1n) is 11.7. The fourth-order valence-electron chi connectivity index (χ4n) is 5.13. The van der Waals surface area contributed by atoms with Crippen LogP contribution in [0, 0.1) is 23.2 Å². The van der Waals surface area contributed by atoms with Gasteiger partial charge in [0.25, 0.3) is 0 Å². The van der Waals surface area contributed by atoms with Gasteiger partial charge in [-0.05, 0) is 57.4 Å². The monoisotopic (exact) mass is 434 g/mol. The summed E-state index contributed by atoms with van der Waals surface area (Å²) in [5.74, 6) is -0.463. The SMILES string of the molecule is CCC(C)(C)C(=O)OC1CC(C)=CC2=CC(O)[C@H](C)[C@H](CCC3CC(O)CC(=O)O3)C21. The molecule has 0 spiro atoms. The number of allylic oxidation sites excluding steroid dienone is 1. The first-order valence-corrected chi connectivity index (χ1v) is 11.7. The second kappa shape index (κ2) is 9.45. The second-order valence-corrected chi connectivity index (χ2v) is 10.4. The zero-order chi connectivity index (χ0) is 22.9. The summed E-state index contributed by atoms with van der Waals surface area (Å²) in [6.45, 7) is 9.87. The third-order valence-electron chi connectivity index (χ3n) is 7.51. The molecule has 0 saturated carbocycles. The summed E-state index contributed by atoms with van der Waals surface area (Å²) < 4.78 is 11.5. The Labute approximate surface area is 185 Å². The highest BCUT2D eigenvalue weighted by molar-refractivity contribution is 5.76. The minimum atomic E-state index is -0.652. The predicted octanol–water partition coefficient (Wildman–Crippen LogP) is 3.70. The Morgan fingerprint density at radius 2 is 1.97 bits per heavy atom. The van der Waals surface area contributed by atoms with E-state index in [2.05, 4.69) is 6.08 Å². The van der Waals surface area contributed by atoms with Crippen LogP contribution in [0.5, 0.6) is 0 Å². The van der Waals surface area contributed by atoms with Crippen LogP contribution in [0.1, 0.15) is 73.1 Å². The van der Waals surface area contributed by atoms with Crippen LogP contribution in [0.2, 0.25) is 0 Å². The molecule has 0 aromatic heterocycles. The Balaban J connectivity index is 1.81. The van der Waals surface area contributed by atoms with Gasteiger partial charge in [-0.25, -0.2) is 0 Å². The van der Waals surface area contributed by atoms with E-state index in [9.17, 15) is 19.8 Å². The van der Waals surface area contributed by atoms with Crippen molar-refractivity contribution >= 4 is 11.9 Å². The van der Waals surface area contributed by atoms with Gasteiger partial charge in [-0.2, -0.15) is 0 Å². The van der Waals surface area contributed by atoms with Gasteiger partial charge in [-0.3, -0.25) is 9.59 Å². The summed E-state index contributed by atoms with van der Waals surface area (Å²) in [6.07, 6.45) is 5.47. The van der Waals surface area contributed by atoms with Gasteiger partial charge in [0.1, 0.15) is 12.2 Å². The molecule has 1 saturated heterocycles. The number of hydrogen-bond donors (Lipinski definition) is 2. The molecule has 5 unspecified atom stereocenters. The number of carbonyl (C=O) groups is 2. The predicted molar refractivity (Wildman–Crippen MR) is 117 cm³/mol. The van der Waals surface area contributed by atoms with Crippen LogP contribution in [-0.4, -0.2) is 46.6 Å². The summed E-state index contributed by atoms with van der Waals surface area (Å²) in [5.41, 5.74) is 1.63. The summed E-state index contributed by atoms with van der Waals surface area (Å²) in [4.78, 5) is 24.6. The van der Waals surface area contributed by atoms with Gasteiger partial charge in [0, 0.05) is 18.8 Å². The van der Waals surface area contributed by atoms with E-state index in [4.69, 9.17) is 9.47 Å². The topological polar surface area (TPSA) is 93.1 Å². The molecule has 7 atom stereocenters. The number of aliphatic hydroxyl groups is 2. The molecule has 3 aliphatic rings. The molecule has 1 heterocycles. The van der Waals surface area contributed by atoms with Crippen molar-refractivity contribution in [2.24, 2.45) is 23.2 Å². The second-order valence-electron chi connectivity index (χ2n) is 10.4. The van der Waals surface area contributed by atoms with Crippen molar-refractivity contribution in [3.05, 3.63) is 23.3 Å². The number of rotatable bonds is 6. The summed E-state index contributed by atoms with van der Waals surface area (Å²) in [5, 5.41) is 20.6. The number of carbonyl (C=O) groups excluding carboxylic acids is 2. The smallest absolute Gasteiger partial charge is 0.311 e. The highest BCUT2D eigenvalue weighted by atomic mass is 16.6. The van der Waals surface area contributed by atoms with Crippen LogP contribution in [-0.2, 0) is 19.1 Å². The Bertz CT molecular complexity index is 751. The van der Waals surface area contributed by atoms with Gasteiger partial charge in [-0.15, -0.1) is 0 Å². The standard InChI is InChI=1S/C25H38O6/c1-6-25(4,5)24(29)31-21-10-14(2)9-16-11-20(27)15(3)19(23(16)21)8-7-18-12-17(26)13-22(28)30-18/h9,11,15,17-21,23,26-27H,6-8,10,12-13H2,1-5H3/t15-,17?,18?,19+,20?,21?,23?/m1/s1. The van der Waals surface area contributed by atoms with E-state index in [1.54, 1.807) is 0 Å². The molecular weight excluding hydrogens is 396 g/mol. The molecule has 3 rings (SSSR count). The van der Waals surface area contributed by atoms with Crippen molar-refractivity contribution in [3.63, 3.8) is 0 Å². The fraction of sp³-hybridized carbons (Fsp3) is 0.760. The molecule has 2 aliphatic carbocycles. The van der Waals surface area contributed by atoms with Gasteiger partial charge >= 0.3 is 11.9 Å². The first-order chi connectivity index (χ1) is 14.5. The Morgan fingerprint density at radius 3 is 2.61 bits per heavy atom. The molecule has 0 bridgehead atoms. The lowest BCUT2D eigenvalue weighted by molar-refractivity contribution is -0.165.